The molecule has 1 saturated heterocycles. The maximum Gasteiger partial charge on any atom is 0.261 e. The van der Waals surface area contributed by atoms with E-state index in [9.17, 15) is 14.4 Å². The highest BCUT2D eigenvalue weighted by atomic mass is 16.2. The molecular formula is C22H25N3O3. The molecule has 2 aliphatic rings. The minimum absolute atomic E-state index is 0.0156. The Labute approximate surface area is 164 Å². The van der Waals surface area contributed by atoms with Crippen LogP contribution in [-0.4, -0.2) is 48.3 Å². The molecule has 6 nitrogen and oxygen atoms in total. The maximum atomic E-state index is 12.8. The molecule has 1 fully saturated rings. The van der Waals surface area contributed by atoms with Gasteiger partial charge in [0, 0.05) is 35.5 Å². The maximum absolute atomic E-state index is 12.8. The van der Waals surface area contributed by atoms with Gasteiger partial charge < -0.3 is 10.6 Å². The molecule has 0 spiro atoms. The fraction of sp³-hybridized carbons (Fsp3) is 0.409. The minimum atomic E-state index is -0.276. The van der Waals surface area contributed by atoms with Crippen LogP contribution in [0.1, 0.15) is 46.9 Å². The van der Waals surface area contributed by atoms with E-state index in [-0.39, 0.29) is 30.3 Å². The molecule has 2 heterocycles. The predicted octanol–water partition coefficient (Wildman–Crippen LogP) is 2.33. The molecular weight excluding hydrogens is 354 g/mol. The van der Waals surface area contributed by atoms with Crippen molar-refractivity contribution in [2.75, 3.05) is 19.6 Å². The van der Waals surface area contributed by atoms with Crippen molar-refractivity contribution in [3.05, 3.63) is 47.5 Å². The van der Waals surface area contributed by atoms with Crippen LogP contribution in [0.15, 0.2) is 36.4 Å². The molecule has 3 amide bonds. The van der Waals surface area contributed by atoms with Gasteiger partial charge in [0.1, 0.15) is 0 Å². The zero-order valence-electron chi connectivity index (χ0n) is 16.0. The van der Waals surface area contributed by atoms with Crippen LogP contribution in [0.4, 0.5) is 0 Å². The molecule has 2 N–H and O–H groups in total. The van der Waals surface area contributed by atoms with Crippen LogP contribution in [0, 0.1) is 5.92 Å². The lowest BCUT2D eigenvalue weighted by Crippen LogP contribution is -2.48. The number of nitrogens with zero attached hydrogens (tertiary/aromatic N) is 1. The Morgan fingerprint density at radius 2 is 1.82 bits per heavy atom. The third-order valence-electron chi connectivity index (χ3n) is 5.77. The van der Waals surface area contributed by atoms with Gasteiger partial charge in [-0.2, -0.15) is 0 Å². The lowest BCUT2D eigenvalue weighted by molar-refractivity contribution is -0.122. The lowest BCUT2D eigenvalue weighted by atomic mass is 9.94. The monoisotopic (exact) mass is 379 g/mol. The summed E-state index contributed by atoms with van der Waals surface area (Å²) in [7, 11) is 0. The van der Waals surface area contributed by atoms with Gasteiger partial charge in [-0.1, -0.05) is 31.2 Å². The van der Waals surface area contributed by atoms with E-state index in [0.29, 0.717) is 29.9 Å². The van der Waals surface area contributed by atoms with Gasteiger partial charge in [-0.3, -0.25) is 19.3 Å². The highest BCUT2D eigenvalue weighted by Gasteiger charge is 2.32. The van der Waals surface area contributed by atoms with Gasteiger partial charge >= 0.3 is 0 Å². The van der Waals surface area contributed by atoms with Crippen LogP contribution in [0.25, 0.3) is 10.8 Å². The molecule has 146 valence electrons. The zero-order chi connectivity index (χ0) is 19.7. The van der Waals surface area contributed by atoms with Crippen LogP contribution in [-0.2, 0) is 4.79 Å². The molecule has 0 aromatic heterocycles. The number of imide groups is 1. The summed E-state index contributed by atoms with van der Waals surface area (Å²) < 4.78 is 0. The van der Waals surface area contributed by atoms with Crippen LogP contribution >= 0.6 is 0 Å². The Kier molecular flexibility index (Phi) is 5.13. The highest BCUT2D eigenvalue weighted by molar-refractivity contribution is 6.25. The Hall–Kier alpha value is -2.73. The van der Waals surface area contributed by atoms with Crippen molar-refractivity contribution >= 4 is 28.5 Å². The smallest absolute Gasteiger partial charge is 0.261 e. The van der Waals surface area contributed by atoms with Crippen molar-refractivity contribution in [3.63, 3.8) is 0 Å². The van der Waals surface area contributed by atoms with Crippen molar-refractivity contribution in [1.82, 2.24) is 15.5 Å². The van der Waals surface area contributed by atoms with Crippen molar-refractivity contribution in [3.8, 4) is 0 Å². The first-order valence-corrected chi connectivity index (χ1v) is 9.94. The Balaban J connectivity index is 1.40. The van der Waals surface area contributed by atoms with E-state index in [1.165, 1.54) is 4.90 Å². The van der Waals surface area contributed by atoms with Crippen molar-refractivity contribution in [2.45, 2.75) is 32.2 Å². The zero-order valence-corrected chi connectivity index (χ0v) is 16.0. The Morgan fingerprint density at radius 1 is 1.14 bits per heavy atom. The van der Waals surface area contributed by atoms with E-state index < -0.39 is 0 Å². The van der Waals surface area contributed by atoms with Gasteiger partial charge in [-0.05, 0) is 49.4 Å². The molecule has 2 unspecified atom stereocenters. The first-order chi connectivity index (χ1) is 13.6. The van der Waals surface area contributed by atoms with Crippen LogP contribution in [0.2, 0.25) is 0 Å². The number of benzene rings is 2. The standard InChI is InChI=1S/C22H25N3O3/c1-14-13-23-11-10-18(14)24-19(26)9-4-12-25-21(27)16-7-2-5-15-6-3-8-17(20(15)16)22(25)28/h2-3,5-8,14,18,23H,4,9-13H2,1H3,(H,24,26). The number of carbonyl (C=O) groups is 3. The Morgan fingerprint density at radius 3 is 2.46 bits per heavy atom. The molecule has 2 atom stereocenters. The second-order valence-corrected chi connectivity index (χ2v) is 7.72. The fourth-order valence-electron chi connectivity index (χ4n) is 4.19. The van der Waals surface area contributed by atoms with Gasteiger partial charge in [0.2, 0.25) is 5.91 Å². The molecule has 0 bridgehead atoms. The SMILES string of the molecule is CC1CNCCC1NC(=O)CCCN1C(=O)c2cccc3cccc(c23)C1=O. The normalized spacial score (nSPS) is 21.8. The van der Waals surface area contributed by atoms with Gasteiger partial charge in [0.05, 0.1) is 0 Å². The molecule has 2 aromatic rings. The summed E-state index contributed by atoms with van der Waals surface area (Å²) in [5, 5.41) is 8.04. The predicted molar refractivity (Wildman–Crippen MR) is 107 cm³/mol. The number of carbonyl (C=O) groups excluding carboxylic acids is 3. The summed E-state index contributed by atoms with van der Waals surface area (Å²) in [6.07, 6.45) is 1.69. The molecule has 0 aliphatic carbocycles. The van der Waals surface area contributed by atoms with Crippen molar-refractivity contribution in [1.29, 1.82) is 0 Å². The van der Waals surface area contributed by atoms with Gasteiger partial charge in [0.15, 0.2) is 0 Å². The average molecular weight is 379 g/mol. The minimum Gasteiger partial charge on any atom is -0.353 e. The van der Waals surface area contributed by atoms with Crippen LogP contribution in [0.5, 0.6) is 0 Å². The summed E-state index contributed by atoms with van der Waals surface area (Å²) in [6, 6.07) is 11.2. The molecule has 0 saturated carbocycles. The Bertz CT molecular complexity index is 889. The molecule has 2 aromatic carbocycles. The summed E-state index contributed by atoms with van der Waals surface area (Å²) in [5.74, 6) is -0.165. The van der Waals surface area contributed by atoms with Crippen LogP contribution in [0.3, 0.4) is 0 Å². The summed E-state index contributed by atoms with van der Waals surface area (Å²) in [5.41, 5.74) is 1.11. The quantitative estimate of drug-likeness (QED) is 0.782. The topological polar surface area (TPSA) is 78.5 Å². The van der Waals surface area contributed by atoms with E-state index >= 15 is 0 Å². The third-order valence-corrected chi connectivity index (χ3v) is 5.77. The lowest BCUT2D eigenvalue weighted by Gasteiger charge is -2.30. The highest BCUT2D eigenvalue weighted by Crippen LogP contribution is 2.30. The van der Waals surface area contributed by atoms with Crippen LogP contribution < -0.4 is 10.6 Å². The molecule has 6 heteroatoms. The molecule has 4 rings (SSSR count). The first-order valence-electron chi connectivity index (χ1n) is 9.94. The van der Waals surface area contributed by atoms with Crippen molar-refractivity contribution < 1.29 is 14.4 Å². The number of hydrogen-bond donors (Lipinski definition) is 2. The van der Waals surface area contributed by atoms with Gasteiger partial charge in [-0.15, -0.1) is 0 Å². The number of piperidine rings is 1. The van der Waals surface area contributed by atoms with Gasteiger partial charge in [0.25, 0.3) is 11.8 Å². The van der Waals surface area contributed by atoms with E-state index in [4.69, 9.17) is 0 Å². The summed E-state index contributed by atoms with van der Waals surface area (Å²) >= 11 is 0. The summed E-state index contributed by atoms with van der Waals surface area (Å²) in [6.45, 7) is 4.20. The molecule has 28 heavy (non-hydrogen) atoms. The third kappa shape index (κ3) is 3.40. The van der Waals surface area contributed by atoms with Gasteiger partial charge in [-0.25, -0.2) is 0 Å². The van der Waals surface area contributed by atoms with E-state index in [2.05, 4.69) is 17.6 Å². The number of rotatable bonds is 5. The summed E-state index contributed by atoms with van der Waals surface area (Å²) in [4.78, 5) is 39.3. The largest absolute Gasteiger partial charge is 0.353 e. The average Bonchev–Trinajstić information content (AvgIpc) is 2.70. The van der Waals surface area contributed by atoms with E-state index in [1.54, 1.807) is 12.1 Å². The second-order valence-electron chi connectivity index (χ2n) is 7.72. The number of nitrogens with one attached hydrogen (secondary N) is 2. The fourth-order valence-corrected chi connectivity index (χ4v) is 4.19. The first kappa shape index (κ1) is 18.6. The molecule has 0 radical (unpaired) electrons. The van der Waals surface area contributed by atoms with E-state index in [0.717, 1.165) is 30.3 Å². The number of amides is 3. The molecule has 2 aliphatic heterocycles. The number of hydrogen-bond acceptors (Lipinski definition) is 4. The van der Waals surface area contributed by atoms with Crippen molar-refractivity contribution in [2.24, 2.45) is 5.92 Å². The van der Waals surface area contributed by atoms with E-state index in [1.807, 2.05) is 24.3 Å². The second kappa shape index (κ2) is 7.72.